The van der Waals surface area contributed by atoms with Gasteiger partial charge in [0.2, 0.25) is 12.2 Å². The van der Waals surface area contributed by atoms with E-state index in [1.54, 1.807) is 67.6 Å². The molecule has 1 fully saturated rings. The Morgan fingerprint density at radius 2 is 1.41 bits per heavy atom. The van der Waals surface area contributed by atoms with E-state index < -0.39 is 40.1 Å². The lowest BCUT2D eigenvalue weighted by molar-refractivity contribution is -0.244. The van der Waals surface area contributed by atoms with Crippen LogP contribution >= 0.6 is 34.8 Å². The molecule has 0 aromatic heterocycles. The Kier molecular flexibility index (Phi) is 8.82. The third kappa shape index (κ3) is 6.63. The molecule has 2 aromatic carbocycles. The zero-order valence-electron chi connectivity index (χ0n) is 18.5. The van der Waals surface area contributed by atoms with Gasteiger partial charge in [0.05, 0.1) is 11.1 Å². The molecular weight excluding hydrogens is 505 g/mol. The second-order valence-electron chi connectivity index (χ2n) is 7.91. The average Bonchev–Trinajstić information content (AvgIpc) is 2.83. The van der Waals surface area contributed by atoms with Crippen LogP contribution in [0.2, 0.25) is 0 Å². The molecule has 2 unspecified atom stereocenters. The van der Waals surface area contributed by atoms with Gasteiger partial charge in [0.15, 0.2) is 0 Å². The summed E-state index contributed by atoms with van der Waals surface area (Å²) in [7, 11) is 0. The molecule has 0 spiro atoms. The average molecular weight is 529 g/mol. The second-order valence-corrected chi connectivity index (χ2v) is 10.2. The number of esters is 2. The van der Waals surface area contributed by atoms with E-state index in [2.05, 4.69) is 0 Å². The van der Waals surface area contributed by atoms with E-state index in [1.165, 1.54) is 0 Å². The summed E-state index contributed by atoms with van der Waals surface area (Å²) in [5.74, 6) is -2.38. The van der Waals surface area contributed by atoms with E-state index in [9.17, 15) is 9.59 Å². The fourth-order valence-electron chi connectivity index (χ4n) is 3.48. The first-order valence-electron chi connectivity index (χ1n) is 10.5. The van der Waals surface area contributed by atoms with Crippen LogP contribution in [-0.4, -0.2) is 46.7 Å². The van der Waals surface area contributed by atoms with Crippen LogP contribution in [0, 0.1) is 17.2 Å². The number of rotatable bonds is 6. The van der Waals surface area contributed by atoms with Gasteiger partial charge >= 0.3 is 11.9 Å². The van der Waals surface area contributed by atoms with Crippen LogP contribution in [0.15, 0.2) is 60.7 Å². The lowest BCUT2D eigenvalue weighted by Gasteiger charge is -2.43. The standard InChI is InChI=1S/C24H24Cl3NO6/c1-14-15(2)22(34-23(28)24(25,26)27)32-18(13-31-20(29)16-9-5-3-6-10-16)19(14)33-21(30)17-11-7-4-8-12-17/h3-12,14-15,18-19,22,28H,13H2,1-2H3/t14-,15?,18?,19-,22-/m1/s1. The first-order chi connectivity index (χ1) is 16.1. The zero-order valence-corrected chi connectivity index (χ0v) is 20.7. The molecule has 0 bridgehead atoms. The molecule has 0 amide bonds. The SMILES string of the molecule is CC1[C@@H](OC(=N)C(Cl)(Cl)Cl)OC(COC(=O)c2ccccc2)[C@H](OC(=O)c2ccccc2)[C@@H]1C. The van der Waals surface area contributed by atoms with Gasteiger partial charge in [-0.1, -0.05) is 85.0 Å². The van der Waals surface area contributed by atoms with Gasteiger partial charge in [0.1, 0.15) is 18.8 Å². The van der Waals surface area contributed by atoms with E-state index in [-0.39, 0.29) is 18.4 Å². The smallest absolute Gasteiger partial charge is 0.338 e. The highest BCUT2D eigenvalue weighted by Gasteiger charge is 2.47. The van der Waals surface area contributed by atoms with E-state index in [0.29, 0.717) is 11.1 Å². The van der Waals surface area contributed by atoms with Gasteiger partial charge in [-0.2, -0.15) is 0 Å². The van der Waals surface area contributed by atoms with Crippen LogP contribution in [-0.2, 0) is 18.9 Å². The summed E-state index contributed by atoms with van der Waals surface area (Å²) in [6.07, 6.45) is -2.65. The van der Waals surface area contributed by atoms with Crippen molar-refractivity contribution in [3.05, 3.63) is 71.8 Å². The molecule has 34 heavy (non-hydrogen) atoms. The van der Waals surface area contributed by atoms with Gasteiger partial charge in [0, 0.05) is 11.8 Å². The Balaban J connectivity index is 1.79. The number of carbonyl (C=O) groups is 2. The lowest BCUT2D eigenvalue weighted by Crippen LogP contribution is -2.54. The van der Waals surface area contributed by atoms with Crippen molar-refractivity contribution in [2.45, 2.75) is 36.1 Å². The Morgan fingerprint density at radius 3 is 1.94 bits per heavy atom. The highest BCUT2D eigenvalue weighted by Crippen LogP contribution is 2.36. The predicted octanol–water partition coefficient (Wildman–Crippen LogP) is 5.43. The lowest BCUT2D eigenvalue weighted by atomic mass is 9.84. The molecule has 7 nitrogen and oxygen atoms in total. The van der Waals surface area contributed by atoms with Crippen molar-refractivity contribution >= 4 is 52.6 Å². The number of carbonyl (C=O) groups excluding carboxylic acids is 2. The van der Waals surface area contributed by atoms with Crippen LogP contribution in [0.3, 0.4) is 0 Å². The molecule has 0 radical (unpaired) electrons. The highest BCUT2D eigenvalue weighted by atomic mass is 35.6. The summed E-state index contributed by atoms with van der Waals surface area (Å²) in [6, 6.07) is 17.0. The van der Waals surface area contributed by atoms with Gasteiger partial charge in [0.25, 0.3) is 3.79 Å². The monoisotopic (exact) mass is 527 g/mol. The summed E-state index contributed by atoms with van der Waals surface area (Å²) in [5.41, 5.74) is 0.738. The topological polar surface area (TPSA) is 94.9 Å². The summed E-state index contributed by atoms with van der Waals surface area (Å²) < 4.78 is 20.6. The quantitative estimate of drug-likeness (QED) is 0.232. The van der Waals surface area contributed by atoms with Gasteiger partial charge in [-0.25, -0.2) is 9.59 Å². The Hall–Kier alpha value is -2.32. The highest BCUT2D eigenvalue weighted by molar-refractivity contribution is 6.76. The minimum absolute atomic E-state index is 0.224. The molecule has 1 heterocycles. The van der Waals surface area contributed by atoms with Gasteiger partial charge in [-0.05, 0) is 24.3 Å². The molecule has 0 saturated carbocycles. The van der Waals surface area contributed by atoms with E-state index in [4.69, 9.17) is 59.2 Å². The fourth-order valence-corrected chi connectivity index (χ4v) is 3.61. The summed E-state index contributed by atoms with van der Waals surface area (Å²) in [5, 5.41) is 7.89. The second kappa shape index (κ2) is 11.4. The van der Waals surface area contributed by atoms with E-state index >= 15 is 0 Å². The van der Waals surface area contributed by atoms with Crippen LogP contribution in [0.1, 0.15) is 34.6 Å². The van der Waals surface area contributed by atoms with Gasteiger partial charge in [-0.15, -0.1) is 0 Å². The van der Waals surface area contributed by atoms with Crippen molar-refractivity contribution in [3.63, 3.8) is 0 Å². The molecule has 1 aliphatic rings. The van der Waals surface area contributed by atoms with Crippen molar-refractivity contribution in [2.75, 3.05) is 6.61 Å². The molecule has 1 saturated heterocycles. The molecule has 182 valence electrons. The Labute approximate surface area is 212 Å². The summed E-state index contributed by atoms with van der Waals surface area (Å²) >= 11 is 17.2. The molecule has 5 atom stereocenters. The number of hydrogen-bond donors (Lipinski definition) is 1. The van der Waals surface area contributed by atoms with E-state index in [1.807, 2.05) is 6.92 Å². The molecule has 2 aromatic rings. The minimum atomic E-state index is -2.07. The van der Waals surface area contributed by atoms with Crippen molar-refractivity contribution in [3.8, 4) is 0 Å². The Bertz CT molecular complexity index is 999. The first-order valence-corrected chi connectivity index (χ1v) is 11.7. The third-order valence-electron chi connectivity index (χ3n) is 5.58. The van der Waals surface area contributed by atoms with Crippen molar-refractivity contribution in [2.24, 2.45) is 11.8 Å². The molecule has 10 heteroatoms. The molecule has 1 aliphatic heterocycles. The predicted molar refractivity (Wildman–Crippen MR) is 128 cm³/mol. The number of ether oxygens (including phenoxy) is 4. The third-order valence-corrected chi connectivity index (χ3v) is 6.10. The van der Waals surface area contributed by atoms with Crippen LogP contribution < -0.4 is 0 Å². The minimum Gasteiger partial charge on any atom is -0.459 e. The number of hydrogen-bond acceptors (Lipinski definition) is 7. The number of halogens is 3. The largest absolute Gasteiger partial charge is 0.459 e. The van der Waals surface area contributed by atoms with Crippen molar-refractivity contribution in [1.82, 2.24) is 0 Å². The summed E-state index contributed by atoms with van der Waals surface area (Å²) in [6.45, 7) is 3.42. The number of nitrogens with one attached hydrogen (secondary N) is 1. The zero-order chi connectivity index (χ0) is 24.9. The molecule has 0 aliphatic carbocycles. The van der Waals surface area contributed by atoms with Crippen molar-refractivity contribution in [1.29, 1.82) is 5.41 Å². The van der Waals surface area contributed by atoms with Gasteiger partial charge in [-0.3, -0.25) is 5.41 Å². The van der Waals surface area contributed by atoms with Gasteiger partial charge < -0.3 is 18.9 Å². The maximum absolute atomic E-state index is 12.8. The maximum Gasteiger partial charge on any atom is 0.338 e. The van der Waals surface area contributed by atoms with Crippen LogP contribution in [0.5, 0.6) is 0 Å². The van der Waals surface area contributed by atoms with E-state index in [0.717, 1.165) is 0 Å². The molecular formula is C24H24Cl3NO6. The van der Waals surface area contributed by atoms with Crippen LogP contribution in [0.25, 0.3) is 0 Å². The summed E-state index contributed by atoms with van der Waals surface area (Å²) in [4.78, 5) is 25.2. The Morgan fingerprint density at radius 1 is 0.882 bits per heavy atom. The fraction of sp³-hybridized carbons (Fsp3) is 0.375. The first kappa shape index (κ1) is 26.3. The van der Waals surface area contributed by atoms with Crippen molar-refractivity contribution < 1.29 is 28.5 Å². The van der Waals surface area contributed by atoms with Crippen LogP contribution in [0.4, 0.5) is 0 Å². The molecule has 3 rings (SSSR count). The number of alkyl halides is 3. The maximum atomic E-state index is 12.8. The molecule has 1 N–H and O–H groups in total. The normalized spacial score (nSPS) is 24.7. The number of benzene rings is 2.